The molecule has 0 heterocycles. The van der Waals surface area contributed by atoms with Crippen LogP contribution in [-0.2, 0) is 0 Å². The summed E-state index contributed by atoms with van der Waals surface area (Å²) < 4.78 is 2.72. The van der Waals surface area contributed by atoms with Gasteiger partial charge in [-0.2, -0.15) is 0 Å². The molecule has 0 aromatic heterocycles. The van der Waals surface area contributed by atoms with E-state index in [0.717, 1.165) is 13.0 Å². The molecule has 0 fully saturated rings. The number of hydrogen-bond acceptors (Lipinski definition) is 1. The van der Waals surface area contributed by atoms with Crippen molar-refractivity contribution in [1.29, 1.82) is 0 Å². The van der Waals surface area contributed by atoms with E-state index in [4.69, 9.17) is 6.42 Å². The van der Waals surface area contributed by atoms with E-state index in [2.05, 4.69) is 49.4 Å². The van der Waals surface area contributed by atoms with Crippen LogP contribution in [0.25, 0.3) is 0 Å². The van der Waals surface area contributed by atoms with E-state index in [1.54, 1.807) is 0 Å². The first-order chi connectivity index (χ1) is 5.69. The lowest BCUT2D eigenvalue weighted by Gasteiger charge is -2.43. The van der Waals surface area contributed by atoms with Gasteiger partial charge in [-0.25, -0.2) is 0 Å². The molecule has 0 amide bonds. The van der Waals surface area contributed by atoms with E-state index in [0.29, 0.717) is 0 Å². The second-order valence-electron chi connectivity index (χ2n) is 5.45. The summed E-state index contributed by atoms with van der Waals surface area (Å²) in [4.78, 5) is 0. The summed E-state index contributed by atoms with van der Waals surface area (Å²) in [5.74, 6) is 2.75. The third kappa shape index (κ3) is 4.65. The molecule has 0 saturated heterocycles. The van der Waals surface area contributed by atoms with Crippen molar-refractivity contribution in [3.05, 3.63) is 0 Å². The van der Waals surface area contributed by atoms with Crippen molar-refractivity contribution in [3.8, 4) is 12.3 Å². The molecule has 0 rings (SSSR count). The van der Waals surface area contributed by atoms with E-state index in [1.807, 2.05) is 0 Å². The maximum absolute atomic E-state index is 5.32. The summed E-state index contributed by atoms with van der Waals surface area (Å²) in [7, 11) is -2.32. The summed E-state index contributed by atoms with van der Waals surface area (Å²) >= 11 is 0. The van der Waals surface area contributed by atoms with Gasteiger partial charge in [0.25, 0.3) is 0 Å². The Labute approximate surface area is 85.7 Å². The molecule has 0 aliphatic rings. The Balaban J connectivity index is 4.50. The highest BCUT2D eigenvalue weighted by Gasteiger charge is 2.33. The summed E-state index contributed by atoms with van der Waals surface area (Å²) in [6, 6.07) is 0. The van der Waals surface area contributed by atoms with Crippen LogP contribution in [0.2, 0.25) is 39.3 Å². The topological polar surface area (TPSA) is 3.24 Å². The van der Waals surface area contributed by atoms with Crippen LogP contribution in [0.3, 0.4) is 0 Å². The first kappa shape index (κ1) is 13.0. The van der Waals surface area contributed by atoms with Crippen molar-refractivity contribution in [2.75, 3.05) is 6.54 Å². The molecular weight excluding hydrogens is 190 g/mol. The van der Waals surface area contributed by atoms with E-state index < -0.39 is 16.5 Å². The first-order valence-electron chi connectivity index (χ1n) is 4.91. The molecule has 13 heavy (non-hydrogen) atoms. The SMILES string of the molecule is C#CCCN([Si](C)(C)C)[Si](C)(C)C. The van der Waals surface area contributed by atoms with E-state index in [-0.39, 0.29) is 0 Å². The fourth-order valence-corrected chi connectivity index (χ4v) is 11.5. The van der Waals surface area contributed by atoms with Crippen molar-refractivity contribution >= 4 is 16.5 Å². The highest BCUT2D eigenvalue weighted by molar-refractivity contribution is 6.89. The van der Waals surface area contributed by atoms with Crippen molar-refractivity contribution in [2.45, 2.75) is 45.7 Å². The third-order valence-electron chi connectivity index (χ3n) is 2.10. The molecule has 0 aliphatic heterocycles. The van der Waals surface area contributed by atoms with Crippen LogP contribution in [-0.4, -0.2) is 27.2 Å². The zero-order valence-corrected chi connectivity index (χ0v) is 11.9. The molecule has 1 nitrogen and oxygen atoms in total. The molecule has 0 N–H and O–H groups in total. The summed E-state index contributed by atoms with van der Waals surface area (Å²) in [5, 5.41) is 0. The van der Waals surface area contributed by atoms with E-state index >= 15 is 0 Å². The van der Waals surface area contributed by atoms with Gasteiger partial charge in [0.15, 0.2) is 0 Å². The average molecular weight is 213 g/mol. The molecule has 0 aliphatic carbocycles. The fraction of sp³-hybridized carbons (Fsp3) is 0.800. The normalized spacial score (nSPS) is 13.1. The van der Waals surface area contributed by atoms with Crippen molar-refractivity contribution in [2.24, 2.45) is 0 Å². The monoisotopic (exact) mass is 213 g/mol. The Morgan fingerprint density at radius 3 is 1.62 bits per heavy atom. The van der Waals surface area contributed by atoms with E-state index in [1.165, 1.54) is 0 Å². The zero-order chi connectivity index (χ0) is 10.7. The summed E-state index contributed by atoms with van der Waals surface area (Å²) in [6.45, 7) is 15.5. The van der Waals surface area contributed by atoms with Gasteiger partial charge in [0.05, 0.1) is 0 Å². The van der Waals surface area contributed by atoms with Gasteiger partial charge in [-0.15, -0.1) is 12.3 Å². The highest BCUT2D eigenvalue weighted by Crippen LogP contribution is 2.19. The zero-order valence-electron chi connectivity index (χ0n) is 9.94. The molecule has 0 aromatic rings. The van der Waals surface area contributed by atoms with Crippen LogP contribution in [0, 0.1) is 12.3 Å². The van der Waals surface area contributed by atoms with Gasteiger partial charge in [-0.1, -0.05) is 39.3 Å². The lowest BCUT2D eigenvalue weighted by atomic mass is 10.5. The van der Waals surface area contributed by atoms with Gasteiger partial charge in [-0.3, -0.25) is 0 Å². The van der Waals surface area contributed by atoms with Crippen LogP contribution in [0.5, 0.6) is 0 Å². The highest BCUT2D eigenvalue weighted by atomic mass is 28.4. The summed E-state index contributed by atoms with van der Waals surface area (Å²) in [6.07, 6.45) is 6.21. The lowest BCUT2D eigenvalue weighted by Crippen LogP contribution is -2.59. The fourth-order valence-electron chi connectivity index (χ4n) is 1.85. The molecule has 0 saturated carbocycles. The molecule has 3 heteroatoms. The predicted octanol–water partition coefficient (Wildman–Crippen LogP) is 2.98. The van der Waals surface area contributed by atoms with Gasteiger partial charge in [0.2, 0.25) is 0 Å². The molecule has 0 spiro atoms. The number of hydrogen-bond donors (Lipinski definition) is 0. The maximum Gasteiger partial charge on any atom is 0.112 e. The van der Waals surface area contributed by atoms with Crippen LogP contribution in [0.4, 0.5) is 0 Å². The molecule has 76 valence electrons. The number of nitrogens with zero attached hydrogens (tertiary/aromatic N) is 1. The smallest absolute Gasteiger partial charge is 0.112 e. The van der Waals surface area contributed by atoms with E-state index in [9.17, 15) is 0 Å². The van der Waals surface area contributed by atoms with Crippen LogP contribution in [0.1, 0.15) is 6.42 Å². The van der Waals surface area contributed by atoms with Crippen LogP contribution in [0.15, 0.2) is 0 Å². The quantitative estimate of drug-likeness (QED) is 0.513. The second-order valence-corrected chi connectivity index (χ2v) is 15.7. The minimum absolute atomic E-state index is 0.897. The van der Waals surface area contributed by atoms with Crippen molar-refractivity contribution in [3.63, 3.8) is 0 Å². The van der Waals surface area contributed by atoms with Gasteiger partial charge in [0.1, 0.15) is 16.5 Å². The number of rotatable bonds is 4. The Hall–Kier alpha value is -0.0462. The second kappa shape index (κ2) is 4.45. The molecule has 0 bridgehead atoms. The molecule has 0 aromatic carbocycles. The van der Waals surface area contributed by atoms with Gasteiger partial charge in [-0.05, 0) is 6.54 Å². The minimum atomic E-state index is -1.16. The third-order valence-corrected chi connectivity index (χ3v) is 9.81. The van der Waals surface area contributed by atoms with Crippen LogP contribution < -0.4 is 0 Å². The maximum atomic E-state index is 5.32. The molecule has 0 radical (unpaired) electrons. The van der Waals surface area contributed by atoms with Gasteiger partial charge < -0.3 is 4.23 Å². The first-order valence-corrected chi connectivity index (χ1v) is 11.8. The predicted molar refractivity (Wildman–Crippen MR) is 66.8 cm³/mol. The van der Waals surface area contributed by atoms with Gasteiger partial charge >= 0.3 is 0 Å². The Morgan fingerprint density at radius 1 is 1.00 bits per heavy atom. The van der Waals surface area contributed by atoms with Crippen molar-refractivity contribution in [1.82, 2.24) is 4.23 Å². The number of terminal acetylenes is 1. The Bertz CT molecular complexity index is 178. The molecule has 0 unspecified atom stereocenters. The average Bonchev–Trinajstić information content (AvgIpc) is 1.81. The van der Waals surface area contributed by atoms with Gasteiger partial charge in [0, 0.05) is 6.42 Å². The van der Waals surface area contributed by atoms with Crippen LogP contribution >= 0.6 is 0 Å². The Kier molecular flexibility index (Phi) is 4.43. The molecular formula is C10H23NSi2. The van der Waals surface area contributed by atoms with Crippen molar-refractivity contribution < 1.29 is 0 Å². The standard InChI is InChI=1S/C10H23NSi2/c1-8-9-10-11(12(2,3)4)13(5,6)7/h1H,9-10H2,2-7H3. The lowest BCUT2D eigenvalue weighted by molar-refractivity contribution is 0.625. The molecule has 0 atom stereocenters. The minimum Gasteiger partial charge on any atom is -0.345 e. The summed E-state index contributed by atoms with van der Waals surface area (Å²) in [5.41, 5.74) is 0. The Morgan fingerprint density at radius 2 is 1.38 bits per heavy atom. The largest absolute Gasteiger partial charge is 0.345 e.